The number of aliphatic hydroxyl groups excluding tert-OH is 1. The van der Waals surface area contributed by atoms with Gasteiger partial charge in [0.15, 0.2) is 5.13 Å². The van der Waals surface area contributed by atoms with Gasteiger partial charge in [-0.1, -0.05) is 11.3 Å². The molecule has 68 valence electrons. The average molecular weight is 204 g/mol. The normalized spacial score (nSPS) is 13.2. The molecule has 0 radical (unpaired) electrons. The summed E-state index contributed by atoms with van der Waals surface area (Å²) in [4.78, 5) is 4.08. The molecule has 1 aromatic rings. The quantitative estimate of drug-likeness (QED) is 0.733. The molecular formula is C7H12N2OS2. The third-order valence-corrected chi connectivity index (χ3v) is 3.82. The number of hydrogen-bond donors (Lipinski definition) is 2. The summed E-state index contributed by atoms with van der Waals surface area (Å²) < 4.78 is 1.11. The number of thiazole rings is 1. The fourth-order valence-electron chi connectivity index (χ4n) is 0.733. The summed E-state index contributed by atoms with van der Waals surface area (Å²) in [7, 11) is 0. The molecule has 5 heteroatoms. The maximum absolute atomic E-state index is 9.04. The lowest BCUT2D eigenvalue weighted by Gasteiger charge is -2.00. The standard InChI is InChI=1S/C7H12N2OS2/c1-4(10)3-11-6-5(2)9-7(8)12-6/h4,10H,3H2,1-2H3,(H2,8,9). The molecule has 0 aliphatic heterocycles. The fraction of sp³-hybridized carbons (Fsp3) is 0.571. The molecular weight excluding hydrogens is 192 g/mol. The molecule has 0 saturated carbocycles. The monoisotopic (exact) mass is 204 g/mol. The highest BCUT2D eigenvalue weighted by Gasteiger charge is 2.06. The van der Waals surface area contributed by atoms with Gasteiger partial charge in [-0.05, 0) is 13.8 Å². The maximum atomic E-state index is 9.04. The van der Waals surface area contributed by atoms with Crippen LogP contribution in [0.3, 0.4) is 0 Å². The molecule has 1 rings (SSSR count). The third kappa shape index (κ3) is 2.66. The Kier molecular flexibility index (Phi) is 3.37. The van der Waals surface area contributed by atoms with Crippen molar-refractivity contribution in [1.82, 2.24) is 4.98 Å². The Hall–Kier alpha value is -0.260. The van der Waals surface area contributed by atoms with Gasteiger partial charge in [0.25, 0.3) is 0 Å². The highest BCUT2D eigenvalue weighted by atomic mass is 32.2. The molecule has 1 aromatic heterocycles. The predicted molar refractivity (Wildman–Crippen MR) is 53.7 cm³/mol. The van der Waals surface area contributed by atoms with Crippen molar-refractivity contribution in [2.45, 2.75) is 24.2 Å². The smallest absolute Gasteiger partial charge is 0.181 e. The van der Waals surface area contributed by atoms with Gasteiger partial charge in [0.05, 0.1) is 16.0 Å². The highest BCUT2D eigenvalue weighted by molar-refractivity contribution is 8.01. The molecule has 1 atom stereocenters. The molecule has 1 unspecified atom stereocenters. The topological polar surface area (TPSA) is 59.1 Å². The van der Waals surface area contributed by atoms with Crippen LogP contribution >= 0.6 is 23.1 Å². The number of nitrogens with zero attached hydrogens (tertiary/aromatic N) is 1. The maximum Gasteiger partial charge on any atom is 0.181 e. The van der Waals surface area contributed by atoms with Gasteiger partial charge in [-0.15, -0.1) is 11.8 Å². The molecule has 1 heterocycles. The minimum absolute atomic E-state index is 0.280. The van der Waals surface area contributed by atoms with Crippen molar-refractivity contribution in [2.24, 2.45) is 0 Å². The van der Waals surface area contributed by atoms with Crippen molar-refractivity contribution in [3.63, 3.8) is 0 Å². The number of rotatable bonds is 3. The van der Waals surface area contributed by atoms with Crippen LogP contribution in [0.1, 0.15) is 12.6 Å². The van der Waals surface area contributed by atoms with Gasteiger partial charge in [-0.2, -0.15) is 0 Å². The zero-order valence-corrected chi connectivity index (χ0v) is 8.71. The Balaban J connectivity index is 2.57. The minimum atomic E-state index is -0.280. The van der Waals surface area contributed by atoms with Crippen molar-refractivity contribution in [3.05, 3.63) is 5.69 Å². The molecule has 0 fully saturated rings. The van der Waals surface area contributed by atoms with Crippen LogP contribution in [0.5, 0.6) is 0 Å². The number of aryl methyl sites for hydroxylation is 1. The first kappa shape index (κ1) is 9.83. The molecule has 0 bridgehead atoms. The van der Waals surface area contributed by atoms with Crippen molar-refractivity contribution in [2.75, 3.05) is 11.5 Å². The number of thioether (sulfide) groups is 1. The molecule has 0 amide bonds. The van der Waals surface area contributed by atoms with E-state index in [9.17, 15) is 0 Å². The molecule has 3 N–H and O–H groups in total. The number of nitrogen functional groups attached to an aromatic ring is 1. The number of hydrogen-bond acceptors (Lipinski definition) is 5. The Morgan fingerprint density at radius 3 is 2.83 bits per heavy atom. The first-order chi connectivity index (χ1) is 5.59. The van der Waals surface area contributed by atoms with Gasteiger partial charge in [0.2, 0.25) is 0 Å². The molecule has 0 saturated heterocycles. The molecule has 0 aliphatic carbocycles. The number of aromatic nitrogens is 1. The molecule has 12 heavy (non-hydrogen) atoms. The summed E-state index contributed by atoms with van der Waals surface area (Å²) in [5.41, 5.74) is 6.48. The fourth-order valence-corrected chi connectivity index (χ4v) is 2.64. The van der Waals surface area contributed by atoms with E-state index in [1.54, 1.807) is 18.7 Å². The average Bonchev–Trinajstić information content (AvgIpc) is 2.26. The summed E-state index contributed by atoms with van der Waals surface area (Å²) in [5.74, 6) is 0.697. The molecule has 0 aliphatic rings. The Bertz CT molecular complexity index is 260. The highest BCUT2D eigenvalue weighted by Crippen LogP contribution is 2.30. The number of anilines is 1. The van der Waals surface area contributed by atoms with Crippen molar-refractivity contribution < 1.29 is 5.11 Å². The van der Waals surface area contributed by atoms with E-state index in [1.165, 1.54) is 11.3 Å². The Labute approximate surface area is 80.0 Å². The lowest BCUT2D eigenvalue weighted by molar-refractivity contribution is 0.220. The zero-order valence-electron chi connectivity index (χ0n) is 7.07. The molecule has 0 aromatic carbocycles. The van der Waals surface area contributed by atoms with E-state index in [2.05, 4.69) is 4.98 Å². The van der Waals surface area contributed by atoms with E-state index < -0.39 is 0 Å². The zero-order chi connectivity index (χ0) is 9.14. The Morgan fingerprint density at radius 1 is 1.75 bits per heavy atom. The SMILES string of the molecule is Cc1nc(N)sc1SCC(C)O. The summed E-state index contributed by atoms with van der Waals surface area (Å²) in [6, 6.07) is 0. The van der Waals surface area contributed by atoms with E-state index >= 15 is 0 Å². The van der Waals surface area contributed by atoms with Gasteiger partial charge >= 0.3 is 0 Å². The van der Waals surface area contributed by atoms with Crippen molar-refractivity contribution in [3.8, 4) is 0 Å². The van der Waals surface area contributed by atoms with Gasteiger partial charge < -0.3 is 10.8 Å². The summed E-state index contributed by atoms with van der Waals surface area (Å²) >= 11 is 3.08. The predicted octanol–water partition coefficient (Wildman–Crippen LogP) is 1.51. The second-order valence-corrected chi connectivity index (χ2v) is 4.90. The minimum Gasteiger partial charge on any atom is -0.393 e. The van der Waals surface area contributed by atoms with Crippen LogP contribution < -0.4 is 5.73 Å². The van der Waals surface area contributed by atoms with Gasteiger partial charge in [0, 0.05) is 5.75 Å². The van der Waals surface area contributed by atoms with E-state index in [0.717, 1.165) is 9.90 Å². The lowest BCUT2D eigenvalue weighted by atomic mass is 10.5. The van der Waals surface area contributed by atoms with E-state index in [0.29, 0.717) is 10.9 Å². The van der Waals surface area contributed by atoms with Crippen LogP contribution in [0, 0.1) is 6.92 Å². The first-order valence-corrected chi connectivity index (χ1v) is 5.43. The van der Waals surface area contributed by atoms with Gasteiger partial charge in [-0.25, -0.2) is 4.98 Å². The lowest BCUT2D eigenvalue weighted by Crippen LogP contribution is -2.01. The van der Waals surface area contributed by atoms with Crippen LogP contribution in [0.4, 0.5) is 5.13 Å². The van der Waals surface area contributed by atoms with Crippen LogP contribution in [-0.4, -0.2) is 21.9 Å². The van der Waals surface area contributed by atoms with Crippen LogP contribution in [0.2, 0.25) is 0 Å². The van der Waals surface area contributed by atoms with Crippen molar-refractivity contribution >= 4 is 28.2 Å². The second-order valence-electron chi connectivity index (χ2n) is 2.58. The number of nitrogens with two attached hydrogens (primary N) is 1. The van der Waals surface area contributed by atoms with Gasteiger partial charge in [-0.3, -0.25) is 0 Å². The molecule has 3 nitrogen and oxygen atoms in total. The second kappa shape index (κ2) is 4.11. The van der Waals surface area contributed by atoms with Crippen LogP contribution in [0.15, 0.2) is 4.21 Å². The third-order valence-electron chi connectivity index (χ3n) is 1.23. The summed E-state index contributed by atoms with van der Waals surface area (Å²) in [6.45, 7) is 3.70. The Morgan fingerprint density at radius 2 is 2.42 bits per heavy atom. The first-order valence-electron chi connectivity index (χ1n) is 3.63. The molecule has 0 spiro atoms. The summed E-state index contributed by atoms with van der Waals surface area (Å²) in [6.07, 6.45) is -0.280. The van der Waals surface area contributed by atoms with Crippen molar-refractivity contribution in [1.29, 1.82) is 0 Å². The van der Waals surface area contributed by atoms with E-state index in [4.69, 9.17) is 10.8 Å². The van der Waals surface area contributed by atoms with E-state index in [-0.39, 0.29) is 6.10 Å². The van der Waals surface area contributed by atoms with Gasteiger partial charge in [0.1, 0.15) is 0 Å². The summed E-state index contributed by atoms with van der Waals surface area (Å²) in [5, 5.41) is 9.64. The number of aliphatic hydroxyl groups is 1. The largest absolute Gasteiger partial charge is 0.393 e. The van der Waals surface area contributed by atoms with E-state index in [1.807, 2.05) is 6.92 Å². The van der Waals surface area contributed by atoms with Crippen LogP contribution in [-0.2, 0) is 0 Å². The van der Waals surface area contributed by atoms with Crippen LogP contribution in [0.25, 0.3) is 0 Å².